The standard InChI is InChI=1S/C19H22FN3O3S/c1-27(25,26)18-4-2-3-16(11-18)22-19(24)21-12-14-9-10-23(13-14)17-7-5-15(20)6-8-17/h2-8,11,14H,9-10,12-13H2,1H3,(H2,21,22,24). The number of sulfone groups is 1. The van der Waals surface area contributed by atoms with E-state index in [1.165, 1.54) is 24.3 Å². The molecule has 0 radical (unpaired) electrons. The van der Waals surface area contributed by atoms with Crippen LogP contribution in [0.1, 0.15) is 6.42 Å². The van der Waals surface area contributed by atoms with Gasteiger partial charge in [-0.1, -0.05) is 6.07 Å². The normalized spacial score (nSPS) is 17.0. The quantitative estimate of drug-likeness (QED) is 0.822. The van der Waals surface area contributed by atoms with Crippen LogP contribution in [0.25, 0.3) is 0 Å². The molecule has 1 aliphatic rings. The van der Waals surface area contributed by atoms with Crippen molar-refractivity contribution in [2.45, 2.75) is 11.3 Å². The number of benzene rings is 2. The van der Waals surface area contributed by atoms with Gasteiger partial charge < -0.3 is 15.5 Å². The third-order valence-electron chi connectivity index (χ3n) is 4.55. The molecule has 1 unspecified atom stereocenters. The number of rotatable bonds is 5. The molecule has 2 aromatic carbocycles. The van der Waals surface area contributed by atoms with E-state index in [0.29, 0.717) is 18.2 Å². The molecule has 0 saturated carbocycles. The lowest BCUT2D eigenvalue weighted by Gasteiger charge is -2.19. The molecule has 0 aromatic heterocycles. The van der Waals surface area contributed by atoms with Crippen LogP contribution in [-0.4, -0.2) is 40.3 Å². The molecule has 1 atom stereocenters. The predicted molar refractivity (Wildman–Crippen MR) is 103 cm³/mol. The van der Waals surface area contributed by atoms with Gasteiger partial charge in [0.2, 0.25) is 0 Å². The zero-order valence-electron chi connectivity index (χ0n) is 15.0. The van der Waals surface area contributed by atoms with E-state index in [2.05, 4.69) is 15.5 Å². The second-order valence-corrected chi connectivity index (χ2v) is 8.73. The number of amides is 2. The zero-order valence-corrected chi connectivity index (χ0v) is 15.8. The Balaban J connectivity index is 1.49. The van der Waals surface area contributed by atoms with Crippen molar-refractivity contribution in [3.8, 4) is 0 Å². The molecule has 1 fully saturated rings. The van der Waals surface area contributed by atoms with Crippen molar-refractivity contribution in [3.63, 3.8) is 0 Å². The first kappa shape index (κ1) is 19.2. The van der Waals surface area contributed by atoms with Crippen molar-refractivity contribution in [2.75, 3.05) is 36.1 Å². The first-order valence-corrected chi connectivity index (χ1v) is 10.6. The fourth-order valence-corrected chi connectivity index (χ4v) is 3.77. The largest absolute Gasteiger partial charge is 0.371 e. The number of anilines is 2. The highest BCUT2D eigenvalue weighted by atomic mass is 32.2. The van der Waals surface area contributed by atoms with Crippen LogP contribution in [0.3, 0.4) is 0 Å². The molecule has 1 aliphatic heterocycles. The van der Waals surface area contributed by atoms with Crippen molar-refractivity contribution in [3.05, 3.63) is 54.3 Å². The average Bonchev–Trinajstić information content (AvgIpc) is 3.09. The second-order valence-electron chi connectivity index (χ2n) is 6.71. The van der Waals surface area contributed by atoms with E-state index >= 15 is 0 Å². The Kier molecular flexibility index (Phi) is 5.65. The number of carbonyl (C=O) groups excluding carboxylic acids is 1. The maximum absolute atomic E-state index is 13.0. The van der Waals surface area contributed by atoms with Crippen LogP contribution in [0.2, 0.25) is 0 Å². The van der Waals surface area contributed by atoms with Crippen molar-refractivity contribution in [1.82, 2.24) is 5.32 Å². The van der Waals surface area contributed by atoms with Crippen molar-refractivity contribution in [2.24, 2.45) is 5.92 Å². The highest BCUT2D eigenvalue weighted by molar-refractivity contribution is 7.90. The highest BCUT2D eigenvalue weighted by Gasteiger charge is 2.23. The Labute approximate surface area is 158 Å². The number of hydrogen-bond acceptors (Lipinski definition) is 4. The second kappa shape index (κ2) is 7.96. The summed E-state index contributed by atoms with van der Waals surface area (Å²) in [6.07, 6.45) is 2.06. The summed E-state index contributed by atoms with van der Waals surface area (Å²) in [5.74, 6) is 0.0379. The Morgan fingerprint density at radius 2 is 1.96 bits per heavy atom. The number of urea groups is 1. The van der Waals surface area contributed by atoms with Crippen molar-refractivity contribution in [1.29, 1.82) is 0 Å². The van der Waals surface area contributed by atoms with E-state index in [1.54, 1.807) is 24.3 Å². The lowest BCUT2D eigenvalue weighted by Crippen LogP contribution is -2.34. The van der Waals surface area contributed by atoms with E-state index in [4.69, 9.17) is 0 Å². The minimum Gasteiger partial charge on any atom is -0.371 e. The molecular formula is C19H22FN3O3S. The number of halogens is 1. The SMILES string of the molecule is CS(=O)(=O)c1cccc(NC(=O)NCC2CCN(c3ccc(F)cc3)C2)c1. The van der Waals surface area contributed by atoms with Crippen LogP contribution >= 0.6 is 0 Å². The van der Waals surface area contributed by atoms with Crippen LogP contribution in [0.5, 0.6) is 0 Å². The predicted octanol–water partition coefficient (Wildman–Crippen LogP) is 2.88. The molecule has 0 bridgehead atoms. The van der Waals surface area contributed by atoms with Crippen molar-refractivity contribution >= 4 is 27.2 Å². The summed E-state index contributed by atoms with van der Waals surface area (Å²) in [6, 6.07) is 12.2. The van der Waals surface area contributed by atoms with Crippen LogP contribution < -0.4 is 15.5 Å². The molecule has 1 saturated heterocycles. The topological polar surface area (TPSA) is 78.5 Å². The van der Waals surface area contributed by atoms with Gasteiger partial charge in [0, 0.05) is 37.3 Å². The van der Waals surface area contributed by atoms with Gasteiger partial charge in [0.1, 0.15) is 5.82 Å². The molecule has 2 aromatic rings. The summed E-state index contributed by atoms with van der Waals surface area (Å²) in [4.78, 5) is 14.4. The monoisotopic (exact) mass is 391 g/mol. The van der Waals surface area contributed by atoms with Gasteiger partial charge in [-0.2, -0.15) is 0 Å². The lowest BCUT2D eigenvalue weighted by molar-refractivity contribution is 0.250. The molecule has 0 aliphatic carbocycles. The summed E-state index contributed by atoms with van der Waals surface area (Å²) in [5, 5.41) is 5.48. The summed E-state index contributed by atoms with van der Waals surface area (Å²) in [7, 11) is -3.32. The van der Waals surface area contributed by atoms with Gasteiger partial charge in [0.05, 0.1) is 4.90 Å². The summed E-state index contributed by atoms with van der Waals surface area (Å²) >= 11 is 0. The molecule has 8 heteroatoms. The third-order valence-corrected chi connectivity index (χ3v) is 5.66. The van der Waals surface area contributed by atoms with Crippen molar-refractivity contribution < 1.29 is 17.6 Å². The van der Waals surface area contributed by atoms with Crippen LogP contribution in [-0.2, 0) is 9.84 Å². The first-order valence-electron chi connectivity index (χ1n) is 8.67. The Hall–Kier alpha value is -2.61. The van der Waals surface area contributed by atoms with Gasteiger partial charge in [0.15, 0.2) is 9.84 Å². The summed E-state index contributed by atoms with van der Waals surface area (Å²) < 4.78 is 36.2. The van der Waals surface area contributed by atoms with Gasteiger partial charge in [-0.05, 0) is 54.8 Å². The van der Waals surface area contributed by atoms with Crippen LogP contribution in [0.4, 0.5) is 20.6 Å². The minimum absolute atomic E-state index is 0.158. The van der Waals surface area contributed by atoms with E-state index in [0.717, 1.165) is 31.5 Å². The molecular weight excluding hydrogens is 369 g/mol. The van der Waals surface area contributed by atoms with E-state index in [-0.39, 0.29) is 16.7 Å². The number of nitrogens with zero attached hydrogens (tertiary/aromatic N) is 1. The number of nitrogens with one attached hydrogen (secondary N) is 2. The van der Waals surface area contributed by atoms with Crippen LogP contribution in [0, 0.1) is 11.7 Å². The van der Waals surface area contributed by atoms with Gasteiger partial charge in [0.25, 0.3) is 0 Å². The zero-order chi connectivity index (χ0) is 19.4. The molecule has 2 N–H and O–H groups in total. The Morgan fingerprint density at radius 3 is 2.67 bits per heavy atom. The summed E-state index contributed by atoms with van der Waals surface area (Å²) in [5.41, 5.74) is 1.40. The Morgan fingerprint density at radius 1 is 1.22 bits per heavy atom. The van der Waals surface area contributed by atoms with Gasteiger partial charge >= 0.3 is 6.03 Å². The number of carbonyl (C=O) groups is 1. The maximum atomic E-state index is 13.0. The highest BCUT2D eigenvalue weighted by Crippen LogP contribution is 2.23. The molecule has 1 heterocycles. The lowest BCUT2D eigenvalue weighted by atomic mass is 10.1. The smallest absolute Gasteiger partial charge is 0.319 e. The van der Waals surface area contributed by atoms with E-state index < -0.39 is 9.84 Å². The van der Waals surface area contributed by atoms with Gasteiger partial charge in [-0.3, -0.25) is 0 Å². The fourth-order valence-electron chi connectivity index (χ4n) is 3.10. The third kappa shape index (κ3) is 5.19. The average molecular weight is 391 g/mol. The van der Waals surface area contributed by atoms with Gasteiger partial charge in [-0.15, -0.1) is 0 Å². The fraction of sp³-hybridized carbons (Fsp3) is 0.316. The minimum atomic E-state index is -3.32. The molecule has 3 rings (SSSR count). The molecule has 2 amide bonds. The van der Waals surface area contributed by atoms with E-state index in [9.17, 15) is 17.6 Å². The Bertz CT molecular complexity index is 916. The van der Waals surface area contributed by atoms with Crippen LogP contribution in [0.15, 0.2) is 53.4 Å². The first-order chi connectivity index (χ1) is 12.8. The maximum Gasteiger partial charge on any atom is 0.319 e. The molecule has 27 heavy (non-hydrogen) atoms. The number of hydrogen-bond donors (Lipinski definition) is 2. The molecule has 6 nitrogen and oxygen atoms in total. The van der Waals surface area contributed by atoms with Gasteiger partial charge in [-0.25, -0.2) is 17.6 Å². The molecule has 0 spiro atoms. The molecule has 144 valence electrons. The summed E-state index contributed by atoms with van der Waals surface area (Å²) in [6.45, 7) is 2.15. The van der Waals surface area contributed by atoms with E-state index in [1.807, 2.05) is 0 Å².